The fraction of sp³-hybridized carbons (Fsp3) is 0.500. The average Bonchev–Trinajstić information content (AvgIpc) is 2.96. The summed E-state index contributed by atoms with van der Waals surface area (Å²) in [5.74, 6) is 0.536. The Bertz CT molecular complexity index is 653. The minimum absolute atomic E-state index is 0. The van der Waals surface area contributed by atoms with Crippen molar-refractivity contribution < 1.29 is 4.79 Å². The van der Waals surface area contributed by atoms with E-state index < -0.39 is 0 Å². The van der Waals surface area contributed by atoms with Crippen LogP contribution in [-0.2, 0) is 0 Å². The van der Waals surface area contributed by atoms with Crippen LogP contribution >= 0.6 is 24.8 Å². The summed E-state index contributed by atoms with van der Waals surface area (Å²) in [4.78, 5) is 23.1. The zero-order chi connectivity index (χ0) is 13.5. The van der Waals surface area contributed by atoms with E-state index in [2.05, 4.69) is 20.2 Å². The van der Waals surface area contributed by atoms with Crippen LogP contribution < -0.4 is 5.32 Å². The van der Waals surface area contributed by atoms with Crippen LogP contribution in [0.5, 0.6) is 0 Å². The molecule has 3 saturated heterocycles. The number of carbonyl (C=O) groups excluding carboxylic acids is 1. The van der Waals surface area contributed by atoms with Gasteiger partial charge in [0.25, 0.3) is 5.91 Å². The second kappa shape index (κ2) is 6.81. The smallest absolute Gasteiger partial charge is 0.270 e. The van der Waals surface area contributed by atoms with Crippen molar-refractivity contribution in [3.05, 3.63) is 30.5 Å². The van der Waals surface area contributed by atoms with Crippen molar-refractivity contribution in [2.24, 2.45) is 5.92 Å². The number of piperidine rings is 3. The van der Waals surface area contributed by atoms with Gasteiger partial charge in [0, 0.05) is 31.0 Å². The Morgan fingerprint density at radius 2 is 2.00 bits per heavy atom. The van der Waals surface area contributed by atoms with Gasteiger partial charge in [-0.2, -0.15) is 0 Å². The first kappa shape index (κ1) is 17.0. The molecule has 1 amide bonds. The van der Waals surface area contributed by atoms with E-state index in [9.17, 15) is 4.79 Å². The summed E-state index contributed by atoms with van der Waals surface area (Å²) in [6.45, 7) is 3.33. The summed E-state index contributed by atoms with van der Waals surface area (Å²) in [5, 5.41) is 3.14. The number of aromatic nitrogens is 3. The molecule has 1 N–H and O–H groups in total. The minimum atomic E-state index is -0.0887. The molecular weight excluding hydrogens is 325 g/mol. The lowest BCUT2D eigenvalue weighted by molar-refractivity contribution is 0.0617. The third-order valence-corrected chi connectivity index (χ3v) is 4.49. The van der Waals surface area contributed by atoms with Gasteiger partial charge in [0.05, 0.1) is 0 Å². The zero-order valence-electron chi connectivity index (χ0n) is 12.0. The van der Waals surface area contributed by atoms with Gasteiger partial charge in [-0.15, -0.1) is 24.8 Å². The number of amides is 1. The highest BCUT2D eigenvalue weighted by Gasteiger charge is 2.35. The van der Waals surface area contributed by atoms with Crippen molar-refractivity contribution in [1.82, 2.24) is 24.6 Å². The quantitative estimate of drug-likeness (QED) is 0.895. The summed E-state index contributed by atoms with van der Waals surface area (Å²) in [6, 6.07) is 2.00. The molecular formula is C14H19Cl2N5O. The molecule has 0 aliphatic carbocycles. The number of nitrogens with one attached hydrogen (secondary N) is 1. The van der Waals surface area contributed by atoms with Gasteiger partial charge in [0.2, 0.25) is 0 Å². The highest BCUT2D eigenvalue weighted by atomic mass is 35.5. The summed E-state index contributed by atoms with van der Waals surface area (Å²) in [6.07, 6.45) is 7.53. The molecule has 0 saturated carbocycles. The molecule has 6 nitrogen and oxygen atoms in total. The molecule has 22 heavy (non-hydrogen) atoms. The first-order valence-corrected chi connectivity index (χ1v) is 7.11. The maximum Gasteiger partial charge on any atom is 0.270 e. The van der Waals surface area contributed by atoms with Gasteiger partial charge in [0.1, 0.15) is 17.7 Å². The molecule has 0 spiro atoms. The van der Waals surface area contributed by atoms with E-state index in [4.69, 9.17) is 0 Å². The molecule has 2 bridgehead atoms. The monoisotopic (exact) mass is 343 g/mol. The summed E-state index contributed by atoms with van der Waals surface area (Å²) < 4.78 is 1.80. The molecule has 0 unspecified atom stereocenters. The van der Waals surface area contributed by atoms with Gasteiger partial charge < -0.3 is 10.2 Å². The van der Waals surface area contributed by atoms with Crippen LogP contribution in [0.2, 0.25) is 0 Å². The number of halogens is 2. The van der Waals surface area contributed by atoms with E-state index >= 15 is 0 Å². The van der Waals surface area contributed by atoms with Crippen molar-refractivity contribution in [2.75, 3.05) is 19.6 Å². The van der Waals surface area contributed by atoms with Crippen molar-refractivity contribution in [3.8, 4) is 0 Å². The molecule has 0 aromatic carbocycles. The van der Waals surface area contributed by atoms with E-state index in [-0.39, 0.29) is 36.8 Å². The lowest BCUT2D eigenvalue weighted by Crippen LogP contribution is -2.57. The van der Waals surface area contributed by atoms with Crippen LogP contribution in [0.3, 0.4) is 0 Å². The maximum absolute atomic E-state index is 12.3. The lowest BCUT2D eigenvalue weighted by atomic mass is 9.84. The van der Waals surface area contributed by atoms with Crippen molar-refractivity contribution in [2.45, 2.75) is 18.9 Å². The highest BCUT2D eigenvalue weighted by molar-refractivity contribution is 5.93. The number of rotatable bonds is 2. The average molecular weight is 344 g/mol. The van der Waals surface area contributed by atoms with Crippen LogP contribution in [-0.4, -0.2) is 50.9 Å². The van der Waals surface area contributed by atoms with Crippen LogP contribution in [0.15, 0.2) is 24.8 Å². The Balaban J connectivity index is 0.000000882. The normalized spacial score (nSPS) is 26.1. The molecule has 1 atom stereocenters. The van der Waals surface area contributed by atoms with Gasteiger partial charge in [-0.3, -0.25) is 9.20 Å². The number of nitrogens with zero attached hydrogens (tertiary/aromatic N) is 4. The first-order valence-electron chi connectivity index (χ1n) is 7.11. The molecule has 0 radical (unpaired) electrons. The van der Waals surface area contributed by atoms with Gasteiger partial charge >= 0.3 is 0 Å². The summed E-state index contributed by atoms with van der Waals surface area (Å²) in [7, 11) is 0. The summed E-state index contributed by atoms with van der Waals surface area (Å²) >= 11 is 0. The van der Waals surface area contributed by atoms with Gasteiger partial charge in [-0.1, -0.05) is 0 Å². The van der Waals surface area contributed by atoms with Crippen LogP contribution in [0.4, 0.5) is 0 Å². The molecule has 5 rings (SSSR count). The fourth-order valence-corrected chi connectivity index (χ4v) is 3.31. The van der Waals surface area contributed by atoms with Crippen molar-refractivity contribution >= 4 is 36.4 Å². The number of imidazole rings is 1. The Morgan fingerprint density at radius 3 is 2.68 bits per heavy atom. The topological polar surface area (TPSA) is 62.5 Å². The second-order valence-electron chi connectivity index (χ2n) is 5.68. The number of hydrogen-bond donors (Lipinski definition) is 1. The van der Waals surface area contributed by atoms with Crippen molar-refractivity contribution in [3.63, 3.8) is 0 Å². The molecule has 2 aromatic rings. The second-order valence-corrected chi connectivity index (χ2v) is 5.68. The molecule has 8 heteroatoms. The maximum atomic E-state index is 12.3. The van der Waals surface area contributed by atoms with Gasteiger partial charge in [-0.05, 0) is 31.8 Å². The highest BCUT2D eigenvalue weighted by Crippen LogP contribution is 2.27. The SMILES string of the molecule is Cl.Cl.O=C(N[C@H]1CN2CCC1CC2)c1cc2nccn2cn1. The molecule has 3 aliphatic rings. The van der Waals surface area contributed by atoms with Gasteiger partial charge in [0.15, 0.2) is 0 Å². The van der Waals surface area contributed by atoms with Crippen LogP contribution in [0, 0.1) is 5.92 Å². The van der Waals surface area contributed by atoms with E-state index in [0.29, 0.717) is 11.6 Å². The standard InChI is InChI=1S/C14H17N5O.2ClH/c20-14(11-7-13-15-3-6-19(13)9-16-11)17-12-8-18-4-1-10(12)2-5-18;;/h3,6-7,9-10,12H,1-2,4-5,8H2,(H,17,20);2*1H/t12-;;/m0../s1. The van der Waals surface area contributed by atoms with E-state index in [1.54, 1.807) is 23.0 Å². The predicted octanol–water partition coefficient (Wildman–Crippen LogP) is 1.40. The first-order chi connectivity index (χ1) is 9.79. The molecule has 120 valence electrons. The molecule has 2 aromatic heterocycles. The van der Waals surface area contributed by atoms with Crippen molar-refractivity contribution in [1.29, 1.82) is 0 Å². The largest absolute Gasteiger partial charge is 0.346 e. The molecule has 5 heterocycles. The van der Waals surface area contributed by atoms with E-state index in [0.717, 1.165) is 12.2 Å². The van der Waals surface area contributed by atoms with Gasteiger partial charge in [-0.25, -0.2) is 9.97 Å². The Kier molecular flexibility index (Phi) is 5.26. The van der Waals surface area contributed by atoms with E-state index in [1.807, 2.05) is 6.20 Å². The molecule has 3 fully saturated rings. The fourth-order valence-electron chi connectivity index (χ4n) is 3.31. The Labute approximate surface area is 141 Å². The number of carbonyl (C=O) groups is 1. The number of hydrogen-bond acceptors (Lipinski definition) is 4. The minimum Gasteiger partial charge on any atom is -0.346 e. The van der Waals surface area contributed by atoms with Crippen LogP contribution in [0.1, 0.15) is 23.3 Å². The Morgan fingerprint density at radius 1 is 1.23 bits per heavy atom. The predicted molar refractivity (Wildman–Crippen MR) is 87.9 cm³/mol. The van der Waals surface area contributed by atoms with E-state index in [1.165, 1.54) is 25.9 Å². The summed E-state index contributed by atoms with van der Waals surface area (Å²) in [5.41, 5.74) is 1.19. The Hall–Kier alpha value is -1.37. The third-order valence-electron chi connectivity index (χ3n) is 4.49. The van der Waals surface area contributed by atoms with Crippen LogP contribution in [0.25, 0.3) is 5.65 Å². The number of fused-ring (bicyclic) bond motifs is 4. The lowest BCUT2D eigenvalue weighted by Gasteiger charge is -2.44. The zero-order valence-corrected chi connectivity index (χ0v) is 13.6. The third kappa shape index (κ3) is 3.04. The molecule has 3 aliphatic heterocycles.